The molecule has 5 rings (SSSR count). The zero-order valence-electron chi connectivity index (χ0n) is 16.6. The van der Waals surface area contributed by atoms with Crippen molar-refractivity contribution in [2.45, 2.75) is 13.0 Å². The molecule has 2 aromatic heterocycles. The second kappa shape index (κ2) is 7.63. The summed E-state index contributed by atoms with van der Waals surface area (Å²) >= 11 is 1.19. The first kappa shape index (κ1) is 19.4. The number of carbonyl (C=O) groups is 2. The van der Waals surface area contributed by atoms with Crippen LogP contribution in [-0.4, -0.2) is 40.4 Å². The van der Waals surface area contributed by atoms with E-state index in [1.807, 2.05) is 6.07 Å². The quantitative estimate of drug-likeness (QED) is 0.484. The maximum absolute atomic E-state index is 14.1. The number of aromatic nitrogens is 2. The number of methoxy groups -OCH3 is 1. The van der Waals surface area contributed by atoms with Gasteiger partial charge in [0, 0.05) is 47.2 Å². The van der Waals surface area contributed by atoms with E-state index in [0.29, 0.717) is 40.5 Å². The summed E-state index contributed by atoms with van der Waals surface area (Å²) in [7, 11) is 1.35. The van der Waals surface area contributed by atoms with Crippen LogP contribution in [0, 0.1) is 5.82 Å². The van der Waals surface area contributed by atoms with Crippen LogP contribution >= 0.6 is 11.3 Å². The van der Waals surface area contributed by atoms with Gasteiger partial charge < -0.3 is 14.6 Å². The van der Waals surface area contributed by atoms with E-state index in [9.17, 15) is 14.0 Å². The molecule has 0 unspecified atom stereocenters. The van der Waals surface area contributed by atoms with Crippen molar-refractivity contribution in [3.05, 3.63) is 76.2 Å². The Morgan fingerprint density at radius 3 is 2.87 bits per heavy atom. The lowest BCUT2D eigenvalue weighted by atomic mass is 10.0. The number of hydrogen-bond donors (Lipinski definition) is 1. The Bertz CT molecular complexity index is 1330. The van der Waals surface area contributed by atoms with Crippen LogP contribution in [0.25, 0.3) is 21.5 Å². The van der Waals surface area contributed by atoms with Gasteiger partial charge in [0.1, 0.15) is 15.7 Å². The number of amides is 1. The Morgan fingerprint density at radius 2 is 2.06 bits per heavy atom. The highest BCUT2D eigenvalue weighted by Crippen LogP contribution is 2.32. The van der Waals surface area contributed by atoms with Gasteiger partial charge in [-0.1, -0.05) is 12.1 Å². The second-order valence-electron chi connectivity index (χ2n) is 7.32. The average Bonchev–Trinajstić information content (AvgIpc) is 3.42. The van der Waals surface area contributed by atoms with E-state index >= 15 is 0 Å². The summed E-state index contributed by atoms with van der Waals surface area (Å²) in [4.78, 5) is 34.9. The van der Waals surface area contributed by atoms with Gasteiger partial charge in [0.15, 0.2) is 0 Å². The van der Waals surface area contributed by atoms with E-state index in [2.05, 4.69) is 9.97 Å². The van der Waals surface area contributed by atoms with E-state index in [4.69, 9.17) is 4.74 Å². The number of aromatic amines is 1. The lowest BCUT2D eigenvalue weighted by Gasteiger charge is -2.26. The summed E-state index contributed by atoms with van der Waals surface area (Å²) in [5, 5.41) is 1.39. The molecule has 3 heterocycles. The largest absolute Gasteiger partial charge is 0.465 e. The topological polar surface area (TPSA) is 75.3 Å². The number of esters is 1. The third-order valence-electron chi connectivity index (χ3n) is 5.50. The van der Waals surface area contributed by atoms with Crippen LogP contribution in [0.1, 0.15) is 31.3 Å². The number of ether oxygens (including phenoxy) is 1. The Kier molecular flexibility index (Phi) is 4.78. The highest BCUT2D eigenvalue weighted by Gasteiger charge is 2.27. The highest BCUT2D eigenvalue weighted by molar-refractivity contribution is 7.16. The van der Waals surface area contributed by atoms with Gasteiger partial charge in [-0.05, 0) is 30.3 Å². The SMILES string of the molecule is COC(=O)c1ccc2[nH]c3c(c2c1)CN(C(=O)c1cnc(-c2ccccc2F)s1)CC3. The van der Waals surface area contributed by atoms with Gasteiger partial charge in [0.2, 0.25) is 0 Å². The van der Waals surface area contributed by atoms with Crippen molar-refractivity contribution in [1.29, 1.82) is 0 Å². The first-order chi connectivity index (χ1) is 15.0. The summed E-state index contributed by atoms with van der Waals surface area (Å²) < 4.78 is 18.9. The molecule has 0 radical (unpaired) electrons. The number of H-pyrrole nitrogens is 1. The van der Waals surface area contributed by atoms with Crippen molar-refractivity contribution in [3.63, 3.8) is 0 Å². The molecule has 8 heteroatoms. The van der Waals surface area contributed by atoms with E-state index < -0.39 is 5.97 Å². The highest BCUT2D eigenvalue weighted by atomic mass is 32.1. The Labute approximate surface area is 181 Å². The van der Waals surface area contributed by atoms with Crippen LogP contribution in [0.3, 0.4) is 0 Å². The van der Waals surface area contributed by atoms with Crippen molar-refractivity contribution in [3.8, 4) is 10.6 Å². The molecule has 1 aliphatic rings. The molecule has 0 aliphatic carbocycles. The lowest BCUT2D eigenvalue weighted by Crippen LogP contribution is -2.35. The summed E-state index contributed by atoms with van der Waals surface area (Å²) in [6, 6.07) is 11.8. The molecule has 156 valence electrons. The second-order valence-corrected chi connectivity index (χ2v) is 8.35. The number of fused-ring (bicyclic) bond motifs is 3. The van der Waals surface area contributed by atoms with Crippen LogP contribution < -0.4 is 0 Å². The molecular weight excluding hydrogens is 417 g/mol. The minimum absolute atomic E-state index is 0.135. The molecular formula is C23H18FN3O3S. The number of nitrogens with one attached hydrogen (secondary N) is 1. The van der Waals surface area contributed by atoms with Crippen molar-refractivity contribution in [2.75, 3.05) is 13.7 Å². The van der Waals surface area contributed by atoms with Gasteiger partial charge in [-0.3, -0.25) is 4.79 Å². The van der Waals surface area contributed by atoms with Gasteiger partial charge in [-0.25, -0.2) is 14.2 Å². The molecule has 0 atom stereocenters. The minimum atomic E-state index is -0.397. The van der Waals surface area contributed by atoms with Gasteiger partial charge in [0.25, 0.3) is 5.91 Å². The van der Waals surface area contributed by atoms with Gasteiger partial charge in [-0.15, -0.1) is 11.3 Å². The molecule has 1 aliphatic heterocycles. The van der Waals surface area contributed by atoms with Gasteiger partial charge in [-0.2, -0.15) is 0 Å². The van der Waals surface area contributed by atoms with Crippen LogP contribution in [0.4, 0.5) is 4.39 Å². The molecule has 1 amide bonds. The zero-order valence-corrected chi connectivity index (χ0v) is 17.5. The van der Waals surface area contributed by atoms with Crippen molar-refractivity contribution < 1.29 is 18.7 Å². The van der Waals surface area contributed by atoms with Crippen molar-refractivity contribution in [1.82, 2.24) is 14.9 Å². The number of carbonyl (C=O) groups excluding carboxylic acids is 2. The van der Waals surface area contributed by atoms with Gasteiger partial charge >= 0.3 is 5.97 Å². The van der Waals surface area contributed by atoms with Crippen LogP contribution in [-0.2, 0) is 17.7 Å². The zero-order chi connectivity index (χ0) is 21.5. The van der Waals surface area contributed by atoms with Crippen molar-refractivity contribution in [2.24, 2.45) is 0 Å². The fourth-order valence-electron chi connectivity index (χ4n) is 3.92. The average molecular weight is 435 g/mol. The number of rotatable bonds is 3. The number of benzene rings is 2. The summed E-state index contributed by atoms with van der Waals surface area (Å²) in [6.07, 6.45) is 2.19. The molecule has 0 bridgehead atoms. The third-order valence-corrected chi connectivity index (χ3v) is 6.52. The van der Waals surface area contributed by atoms with E-state index in [1.165, 1.54) is 30.7 Å². The Morgan fingerprint density at radius 1 is 1.23 bits per heavy atom. The summed E-state index contributed by atoms with van der Waals surface area (Å²) in [5.74, 6) is -0.895. The maximum Gasteiger partial charge on any atom is 0.337 e. The normalized spacial score (nSPS) is 13.3. The molecule has 4 aromatic rings. The number of nitrogens with zero attached hydrogens (tertiary/aromatic N) is 2. The smallest absolute Gasteiger partial charge is 0.337 e. The summed E-state index contributed by atoms with van der Waals surface area (Å²) in [6.45, 7) is 0.987. The van der Waals surface area contributed by atoms with Crippen LogP contribution in [0.15, 0.2) is 48.7 Å². The van der Waals surface area contributed by atoms with Gasteiger partial charge in [0.05, 0.1) is 18.9 Å². The van der Waals surface area contributed by atoms with E-state index in [0.717, 1.165) is 22.2 Å². The molecule has 0 saturated heterocycles. The predicted molar refractivity (Wildman–Crippen MR) is 116 cm³/mol. The number of hydrogen-bond acceptors (Lipinski definition) is 5. The molecule has 6 nitrogen and oxygen atoms in total. The van der Waals surface area contributed by atoms with Crippen LogP contribution in [0.5, 0.6) is 0 Å². The first-order valence-corrected chi connectivity index (χ1v) is 10.6. The standard InChI is InChI=1S/C23H18FN3O3S/c1-30-23(29)13-6-7-18-15(10-13)16-12-27(9-8-19(16)26-18)22(28)20-11-25-21(31-20)14-4-2-3-5-17(14)24/h2-7,10-11,26H,8-9,12H2,1H3. The third kappa shape index (κ3) is 3.38. The minimum Gasteiger partial charge on any atom is -0.465 e. The summed E-state index contributed by atoms with van der Waals surface area (Å²) in [5.41, 5.74) is 3.85. The Balaban J connectivity index is 1.43. The monoisotopic (exact) mass is 435 g/mol. The molecule has 31 heavy (non-hydrogen) atoms. The van der Waals surface area contributed by atoms with Crippen molar-refractivity contribution >= 4 is 34.1 Å². The lowest BCUT2D eigenvalue weighted by molar-refractivity contribution is 0.0600. The molecule has 0 spiro atoms. The predicted octanol–water partition coefficient (Wildman–Crippen LogP) is 4.42. The molecule has 0 fully saturated rings. The fraction of sp³-hybridized carbons (Fsp3) is 0.174. The van der Waals surface area contributed by atoms with E-state index in [-0.39, 0.29) is 11.7 Å². The first-order valence-electron chi connectivity index (χ1n) is 9.77. The number of thiazole rings is 1. The molecule has 1 N–H and O–H groups in total. The molecule has 0 saturated carbocycles. The van der Waals surface area contributed by atoms with E-state index in [1.54, 1.807) is 35.2 Å². The molecule has 2 aromatic carbocycles. The fourth-order valence-corrected chi connectivity index (χ4v) is 4.83. The van der Waals surface area contributed by atoms with Crippen LogP contribution in [0.2, 0.25) is 0 Å². The number of halogens is 1. The Hall–Kier alpha value is -3.52. The maximum atomic E-state index is 14.1.